The zero-order chi connectivity index (χ0) is 53.4. The van der Waals surface area contributed by atoms with Gasteiger partial charge in [-0.05, 0) is 74.4 Å². The highest BCUT2D eigenvalue weighted by Gasteiger charge is 2.68. The first kappa shape index (κ1) is 53.3. The molecule has 0 bridgehead atoms. The third-order valence-corrected chi connectivity index (χ3v) is 14.8. The molecule has 7 rings (SSSR count). The van der Waals surface area contributed by atoms with Crippen molar-refractivity contribution in [3.8, 4) is 23.0 Å². The van der Waals surface area contributed by atoms with Gasteiger partial charge in [-0.25, -0.2) is 35.4 Å². The summed E-state index contributed by atoms with van der Waals surface area (Å²) >= 11 is 6.55. The number of nitrogens with one attached hydrogen (secondary N) is 1. The zero-order valence-corrected chi connectivity index (χ0v) is 39.8. The van der Waals surface area contributed by atoms with Gasteiger partial charge in [0.15, 0.2) is 21.3 Å². The number of hydrogen-bond donors (Lipinski definition) is 2. The predicted octanol–water partition coefficient (Wildman–Crippen LogP) is 7.67. The topological polar surface area (TPSA) is 213 Å². The summed E-state index contributed by atoms with van der Waals surface area (Å²) in [6, 6.07) is 4.46. The molecule has 0 aliphatic heterocycles. The molecule has 3 atom stereocenters. The third kappa shape index (κ3) is 10.8. The highest BCUT2D eigenvalue weighted by Crippen LogP contribution is 2.68. The van der Waals surface area contributed by atoms with E-state index in [0.717, 1.165) is 42.7 Å². The minimum absolute atomic E-state index is 0.169. The molecule has 0 spiro atoms. The first-order valence-electron chi connectivity index (χ1n) is 20.8. The van der Waals surface area contributed by atoms with E-state index in [2.05, 4.69) is 32.3 Å². The number of halogens is 11. The number of amides is 2. The molecule has 72 heavy (non-hydrogen) atoms. The molecular formula is C43H36ClF10N7O9S2. The summed E-state index contributed by atoms with van der Waals surface area (Å²) in [5.41, 5.74) is -6.25. The lowest BCUT2D eigenvalue weighted by Crippen LogP contribution is -2.37. The Morgan fingerprint density at radius 1 is 0.972 bits per heavy atom. The number of nitrogens with zero attached hydrogens (tertiary/aromatic N) is 6. The molecule has 0 radical (unpaired) electrons. The smallest absolute Gasteiger partial charge is 0.435 e. The number of pyridine rings is 1. The van der Waals surface area contributed by atoms with Gasteiger partial charge in [0.25, 0.3) is 5.92 Å². The molecular weight excluding hydrogens is 1050 g/mol. The predicted molar refractivity (Wildman–Crippen MR) is 234 cm³/mol. The summed E-state index contributed by atoms with van der Waals surface area (Å²) in [5.74, 6) is -7.82. The molecule has 2 amide bonds. The highest BCUT2D eigenvalue weighted by molar-refractivity contribution is 7.93. The highest BCUT2D eigenvalue weighted by atomic mass is 35.5. The van der Waals surface area contributed by atoms with Gasteiger partial charge in [-0.3, -0.25) is 19.0 Å². The van der Waals surface area contributed by atoms with Gasteiger partial charge in [-0.15, -0.1) is 0 Å². The van der Waals surface area contributed by atoms with E-state index in [4.69, 9.17) is 21.4 Å². The number of carboxylic acids is 1. The third-order valence-electron chi connectivity index (χ3n) is 11.5. The quantitative estimate of drug-likeness (QED) is 0.0810. The van der Waals surface area contributed by atoms with E-state index in [9.17, 15) is 66.3 Å². The van der Waals surface area contributed by atoms with E-state index >= 15 is 8.78 Å². The van der Waals surface area contributed by atoms with Crippen LogP contribution in [0.5, 0.6) is 0 Å². The number of anilines is 1. The Morgan fingerprint density at radius 3 is 2.19 bits per heavy atom. The van der Waals surface area contributed by atoms with Crippen molar-refractivity contribution in [3.63, 3.8) is 0 Å². The number of carbonyl (C=O) groups is 3. The summed E-state index contributed by atoms with van der Waals surface area (Å²) < 4.78 is 201. The summed E-state index contributed by atoms with van der Waals surface area (Å²) in [6.07, 6.45) is -12.8. The van der Waals surface area contributed by atoms with E-state index < -0.39 is 173 Å². The van der Waals surface area contributed by atoms with Crippen molar-refractivity contribution in [2.24, 2.45) is 5.92 Å². The van der Waals surface area contributed by atoms with Crippen LogP contribution in [0.3, 0.4) is 0 Å². The van der Waals surface area contributed by atoms with Crippen molar-refractivity contribution in [1.82, 2.24) is 29.9 Å². The van der Waals surface area contributed by atoms with Gasteiger partial charge in [-0.2, -0.15) is 49.6 Å². The lowest BCUT2D eigenvalue weighted by Gasteiger charge is -2.23. The molecule has 3 heterocycles. The van der Waals surface area contributed by atoms with Crippen LogP contribution < -0.4 is 9.62 Å². The SMILES string of the molecule is CC(C)(C#Cc1ccc(-c2ccc(Cl)c3c(N(C(=O)OCCC(=O)O)S(C)(=O)=O)nn(CC(F)(F)F)c23)c([C@H](Cc2cc(F)cc(F)c2)NC(=O)Cn2nc(C(F)(F)F)c3c2C(F)(F)[C@@H]2C[C@H]32)n1)S(C)(=O)=O. The second kappa shape index (κ2) is 18.5. The Hall–Kier alpha value is -6.47. The van der Waals surface area contributed by atoms with Crippen molar-refractivity contribution >= 4 is 66.2 Å². The molecule has 2 aliphatic carbocycles. The van der Waals surface area contributed by atoms with Gasteiger partial charge in [0.05, 0.1) is 40.3 Å². The van der Waals surface area contributed by atoms with Crippen LogP contribution in [-0.4, -0.2) is 94.5 Å². The summed E-state index contributed by atoms with van der Waals surface area (Å²) in [4.78, 5) is 43.1. The van der Waals surface area contributed by atoms with Crippen molar-refractivity contribution < 1.29 is 85.0 Å². The number of hydrogen-bond acceptors (Lipinski definition) is 11. The van der Waals surface area contributed by atoms with E-state index in [1.54, 1.807) is 0 Å². The summed E-state index contributed by atoms with van der Waals surface area (Å²) in [7, 11) is -8.87. The molecule has 1 saturated carbocycles. The van der Waals surface area contributed by atoms with E-state index in [-0.39, 0.29) is 36.9 Å². The number of rotatable bonds is 14. The number of ether oxygens (including phenoxy) is 1. The van der Waals surface area contributed by atoms with Crippen LogP contribution in [0.2, 0.25) is 5.02 Å². The van der Waals surface area contributed by atoms with Gasteiger partial charge in [-0.1, -0.05) is 23.6 Å². The number of aromatic nitrogens is 5. The van der Waals surface area contributed by atoms with Crippen LogP contribution in [0.1, 0.15) is 72.6 Å². The number of carboxylic acid groups (broad SMARTS) is 1. The fourth-order valence-corrected chi connectivity index (χ4v) is 9.30. The number of fused-ring (bicyclic) bond motifs is 4. The lowest BCUT2D eigenvalue weighted by atomic mass is 9.93. The maximum atomic E-state index is 15.6. The summed E-state index contributed by atoms with van der Waals surface area (Å²) in [6.45, 7) is -1.86. The first-order chi connectivity index (χ1) is 33.1. The molecule has 386 valence electrons. The molecule has 0 unspecified atom stereocenters. The van der Waals surface area contributed by atoms with E-state index in [0.29, 0.717) is 12.3 Å². The van der Waals surface area contributed by atoms with Crippen LogP contribution >= 0.6 is 11.6 Å². The molecule has 2 N–H and O–H groups in total. The van der Waals surface area contributed by atoms with Crippen molar-refractivity contribution in [2.45, 2.75) is 81.2 Å². The molecule has 2 aromatic carbocycles. The molecule has 5 aromatic rings. The Bertz CT molecular complexity index is 3350. The monoisotopic (exact) mass is 1080 g/mol. The Balaban J connectivity index is 1.48. The fourth-order valence-electron chi connectivity index (χ4n) is 8.06. The van der Waals surface area contributed by atoms with Crippen LogP contribution in [0.25, 0.3) is 22.0 Å². The second-order valence-corrected chi connectivity index (χ2v) is 22.1. The maximum absolute atomic E-state index is 15.6. The van der Waals surface area contributed by atoms with Crippen LogP contribution in [0.15, 0.2) is 42.5 Å². The number of aliphatic carboxylic acids is 1. The Morgan fingerprint density at radius 2 is 1.61 bits per heavy atom. The van der Waals surface area contributed by atoms with Gasteiger partial charge in [0, 0.05) is 34.9 Å². The summed E-state index contributed by atoms with van der Waals surface area (Å²) in [5, 5.41) is 17.3. The normalized spacial score (nSPS) is 16.9. The number of sulfonamides is 1. The van der Waals surface area contributed by atoms with Crippen LogP contribution in [-0.2, 0) is 65.8 Å². The maximum Gasteiger partial charge on any atom is 0.435 e. The standard InChI is InChI=1S/C43H36ClF10N7O9S2/c1-40(2,71(3,66)67)11-9-23-5-6-24(25-7-8-28(44)33-35(25)60(19-41(47,48)49)58-38(33)61(72(4,68)69)39(65)70-12-10-31(63)64)34(55-23)29(15-20-13-21(45)16-22(46)14-20)56-30(62)18-59-37-32(36(57-59)43(52,53)54)26-17-27(26)42(37,50)51/h5-8,13-14,16,26-27,29H,10,12,15,17-19H2,1-4H3,(H,56,62)(H,63,64)/t26-,27+,29-/m0/s1. The molecule has 2 aliphatic rings. The number of carbonyl (C=O) groups excluding carboxylic acids is 2. The number of benzene rings is 2. The van der Waals surface area contributed by atoms with E-state index in [1.165, 1.54) is 13.8 Å². The molecule has 16 nitrogen and oxygen atoms in total. The number of sulfone groups is 1. The zero-order valence-electron chi connectivity index (χ0n) is 37.4. The van der Waals surface area contributed by atoms with Gasteiger partial charge < -0.3 is 15.2 Å². The van der Waals surface area contributed by atoms with Crippen molar-refractivity contribution in [3.05, 3.63) is 93.0 Å². The average Bonchev–Trinajstić information content (AvgIpc) is 3.74. The lowest BCUT2D eigenvalue weighted by molar-refractivity contribution is -0.143. The van der Waals surface area contributed by atoms with Crippen LogP contribution in [0, 0.1) is 29.4 Å². The van der Waals surface area contributed by atoms with Crippen molar-refractivity contribution in [2.75, 3.05) is 23.4 Å². The number of alkyl halides is 8. The van der Waals surface area contributed by atoms with Gasteiger partial charge in [0.1, 0.15) is 47.5 Å². The first-order valence-corrected chi connectivity index (χ1v) is 24.9. The molecule has 3 aromatic heterocycles. The molecule has 1 fully saturated rings. The Labute approximate surface area is 406 Å². The Kier molecular flexibility index (Phi) is 13.7. The van der Waals surface area contributed by atoms with Gasteiger partial charge in [0.2, 0.25) is 15.9 Å². The minimum atomic E-state index is -5.24. The van der Waals surface area contributed by atoms with Crippen LogP contribution in [0.4, 0.5) is 54.5 Å². The van der Waals surface area contributed by atoms with E-state index in [1.807, 2.05) is 0 Å². The second-order valence-electron chi connectivity index (χ2n) is 17.3. The van der Waals surface area contributed by atoms with Gasteiger partial charge >= 0.3 is 24.4 Å². The average molecular weight is 1080 g/mol. The minimum Gasteiger partial charge on any atom is -0.481 e. The fraction of sp³-hybridized carbons (Fsp3) is 0.395. The largest absolute Gasteiger partial charge is 0.481 e. The molecule has 0 saturated heterocycles. The molecule has 29 heteroatoms. The van der Waals surface area contributed by atoms with Crippen molar-refractivity contribution in [1.29, 1.82) is 0 Å².